The lowest BCUT2D eigenvalue weighted by atomic mass is 9.87. The number of hydrogen-bond acceptors (Lipinski definition) is 7. The lowest BCUT2D eigenvalue weighted by Gasteiger charge is -2.45. The molecule has 3 aromatic rings. The number of rotatable bonds is 6. The van der Waals surface area contributed by atoms with Gasteiger partial charge in [0.15, 0.2) is 5.15 Å². The third kappa shape index (κ3) is 4.88. The largest absolute Gasteiger partial charge is 0.389 e. The Morgan fingerprint density at radius 2 is 1.97 bits per heavy atom. The van der Waals surface area contributed by atoms with E-state index in [1.807, 2.05) is 6.07 Å². The Morgan fingerprint density at radius 1 is 1.21 bits per heavy atom. The number of aliphatic hydroxyl groups is 1. The number of nitrogens with zero attached hydrogens (tertiary/aromatic N) is 5. The number of nitrogens with one attached hydrogen (secondary N) is 1. The molecule has 0 saturated carbocycles. The van der Waals surface area contributed by atoms with Crippen LogP contribution in [0.1, 0.15) is 45.1 Å². The van der Waals surface area contributed by atoms with Crippen LogP contribution in [0.2, 0.25) is 10.2 Å². The summed E-state index contributed by atoms with van der Waals surface area (Å²) < 4.78 is 7.10. The van der Waals surface area contributed by atoms with Crippen LogP contribution in [0.3, 0.4) is 0 Å². The summed E-state index contributed by atoms with van der Waals surface area (Å²) in [6, 6.07) is 4.60. The molecule has 0 spiro atoms. The molecule has 2 aliphatic rings. The zero-order chi connectivity index (χ0) is 24.0. The molecule has 34 heavy (non-hydrogen) atoms. The minimum atomic E-state index is -0.928. The fourth-order valence-corrected chi connectivity index (χ4v) is 5.34. The maximum atomic E-state index is 10.1. The van der Waals surface area contributed by atoms with Crippen molar-refractivity contribution < 1.29 is 9.84 Å². The highest BCUT2D eigenvalue weighted by Crippen LogP contribution is 2.37. The van der Waals surface area contributed by atoms with Crippen molar-refractivity contribution in [2.75, 3.05) is 25.0 Å². The normalized spacial score (nSPS) is 22.2. The number of fused-ring (bicyclic) bond motifs is 1. The molecule has 2 aromatic heterocycles. The first kappa shape index (κ1) is 23.8. The summed E-state index contributed by atoms with van der Waals surface area (Å²) in [5.74, 6) is 0.838. The van der Waals surface area contributed by atoms with Gasteiger partial charge in [-0.15, -0.1) is 0 Å². The van der Waals surface area contributed by atoms with Crippen molar-refractivity contribution in [2.45, 2.75) is 63.8 Å². The summed E-state index contributed by atoms with van der Waals surface area (Å²) in [6.07, 6.45) is 5.84. The molecule has 2 N–H and O–H groups in total. The molecule has 0 radical (unpaired) electrons. The van der Waals surface area contributed by atoms with Gasteiger partial charge >= 0.3 is 0 Å². The van der Waals surface area contributed by atoms with Crippen molar-refractivity contribution in [1.29, 1.82) is 0 Å². The van der Waals surface area contributed by atoms with Crippen LogP contribution in [-0.4, -0.2) is 67.2 Å². The fraction of sp³-hybridized carbons (Fsp3) is 0.542. The van der Waals surface area contributed by atoms with Crippen molar-refractivity contribution >= 4 is 45.7 Å². The first-order chi connectivity index (χ1) is 16.2. The van der Waals surface area contributed by atoms with Crippen molar-refractivity contribution in [3.8, 4) is 0 Å². The lowest BCUT2D eigenvalue weighted by Crippen LogP contribution is -2.56. The molecule has 2 atom stereocenters. The maximum Gasteiger partial charge on any atom is 0.227 e. The standard InChI is InChI=1S/C24H30Cl2N6O2/c1-14-21(12-34-14)31-6-4-15(5-7-31)17-9-19-16(8-18(17)25)10-27-23(29-19)30-20-11-28-32(22(20)26)13-24(2,3)33/h8-11,14-15,21,33H,4-7,12-13H2,1-3H3,(H,27,29,30)/t14-,21+/m0/s1. The molecular weight excluding hydrogens is 475 g/mol. The van der Waals surface area contributed by atoms with Crippen LogP contribution < -0.4 is 5.32 Å². The van der Waals surface area contributed by atoms with E-state index in [1.54, 1.807) is 30.9 Å². The zero-order valence-corrected chi connectivity index (χ0v) is 21.1. The van der Waals surface area contributed by atoms with E-state index in [9.17, 15) is 5.11 Å². The highest BCUT2D eigenvalue weighted by Gasteiger charge is 2.36. The quantitative estimate of drug-likeness (QED) is 0.506. The summed E-state index contributed by atoms with van der Waals surface area (Å²) in [7, 11) is 0. The number of anilines is 2. The van der Waals surface area contributed by atoms with E-state index in [-0.39, 0.29) is 6.54 Å². The molecule has 0 amide bonds. The highest BCUT2D eigenvalue weighted by molar-refractivity contribution is 6.32. The highest BCUT2D eigenvalue weighted by atomic mass is 35.5. The summed E-state index contributed by atoms with van der Waals surface area (Å²) >= 11 is 13.1. The fourth-order valence-electron chi connectivity index (χ4n) is 4.81. The molecule has 10 heteroatoms. The van der Waals surface area contributed by atoms with Gasteiger partial charge in [-0.3, -0.25) is 4.90 Å². The van der Waals surface area contributed by atoms with Crippen molar-refractivity contribution in [1.82, 2.24) is 24.6 Å². The molecule has 2 fully saturated rings. The molecule has 0 bridgehead atoms. The van der Waals surface area contributed by atoms with Gasteiger partial charge in [0.25, 0.3) is 0 Å². The molecule has 4 heterocycles. The molecule has 8 nitrogen and oxygen atoms in total. The third-order valence-electron chi connectivity index (χ3n) is 6.77. The molecule has 1 aromatic carbocycles. The van der Waals surface area contributed by atoms with E-state index in [2.05, 4.69) is 33.3 Å². The smallest absolute Gasteiger partial charge is 0.227 e. The summed E-state index contributed by atoms with van der Waals surface area (Å²) in [6.45, 7) is 8.80. The van der Waals surface area contributed by atoms with Gasteiger partial charge in [0, 0.05) is 16.6 Å². The predicted molar refractivity (Wildman–Crippen MR) is 134 cm³/mol. The van der Waals surface area contributed by atoms with E-state index >= 15 is 0 Å². The van der Waals surface area contributed by atoms with Crippen LogP contribution in [0.5, 0.6) is 0 Å². The predicted octanol–water partition coefficient (Wildman–Crippen LogP) is 4.61. The average molecular weight is 505 g/mol. The SMILES string of the molecule is C[C@@H]1OC[C@H]1N1CCC(c2cc3nc(Nc4cnn(CC(C)(C)O)c4Cl)ncc3cc2Cl)CC1. The number of likely N-dealkylation sites (tertiary alicyclic amines) is 1. The number of halogens is 2. The Labute approximate surface area is 209 Å². The topological polar surface area (TPSA) is 88.3 Å². The Kier molecular flexibility index (Phi) is 6.46. The Morgan fingerprint density at radius 3 is 2.62 bits per heavy atom. The van der Waals surface area contributed by atoms with Crippen LogP contribution >= 0.6 is 23.2 Å². The first-order valence-electron chi connectivity index (χ1n) is 11.7. The van der Waals surface area contributed by atoms with Crippen LogP contribution in [0, 0.1) is 0 Å². The van der Waals surface area contributed by atoms with Crippen molar-refractivity contribution in [3.63, 3.8) is 0 Å². The van der Waals surface area contributed by atoms with E-state index in [0.29, 0.717) is 34.9 Å². The average Bonchev–Trinajstić information content (AvgIpc) is 3.10. The molecule has 2 aliphatic heterocycles. The maximum absolute atomic E-state index is 10.1. The molecule has 0 aliphatic carbocycles. The van der Waals surface area contributed by atoms with Crippen LogP contribution in [-0.2, 0) is 11.3 Å². The number of ether oxygens (including phenoxy) is 1. The summed E-state index contributed by atoms with van der Waals surface area (Å²) in [5, 5.41) is 19.5. The minimum absolute atomic E-state index is 0.277. The zero-order valence-electron chi connectivity index (χ0n) is 19.6. The molecular formula is C24H30Cl2N6O2. The summed E-state index contributed by atoms with van der Waals surface area (Å²) in [5.41, 5.74) is 1.64. The second-order valence-corrected chi connectivity index (χ2v) is 10.8. The van der Waals surface area contributed by atoms with E-state index in [4.69, 9.17) is 32.9 Å². The second-order valence-electron chi connectivity index (χ2n) is 9.99. The van der Waals surface area contributed by atoms with Crippen molar-refractivity contribution in [2.24, 2.45) is 0 Å². The van der Waals surface area contributed by atoms with Gasteiger partial charge in [-0.25, -0.2) is 14.6 Å². The van der Waals surface area contributed by atoms with Gasteiger partial charge in [0.1, 0.15) is 0 Å². The monoisotopic (exact) mass is 504 g/mol. The first-order valence-corrected chi connectivity index (χ1v) is 12.5. The Bertz CT molecular complexity index is 1190. The van der Waals surface area contributed by atoms with Gasteiger partial charge in [0.05, 0.1) is 48.3 Å². The van der Waals surface area contributed by atoms with Crippen LogP contribution in [0.4, 0.5) is 11.6 Å². The third-order valence-corrected chi connectivity index (χ3v) is 7.49. The molecule has 2 saturated heterocycles. The molecule has 182 valence electrons. The second kappa shape index (κ2) is 9.24. The van der Waals surface area contributed by atoms with Crippen LogP contribution in [0.15, 0.2) is 24.5 Å². The molecule has 5 rings (SSSR count). The van der Waals surface area contributed by atoms with Crippen molar-refractivity contribution in [3.05, 3.63) is 40.3 Å². The Balaban J connectivity index is 1.33. The van der Waals surface area contributed by atoms with Gasteiger partial charge in [-0.05, 0) is 70.3 Å². The van der Waals surface area contributed by atoms with E-state index in [1.165, 1.54) is 0 Å². The molecule has 0 unspecified atom stereocenters. The van der Waals surface area contributed by atoms with Crippen LogP contribution in [0.25, 0.3) is 10.9 Å². The van der Waals surface area contributed by atoms with Gasteiger partial charge < -0.3 is 15.2 Å². The lowest BCUT2D eigenvalue weighted by molar-refractivity contribution is -0.129. The Hall–Kier alpha value is -1.97. The van der Waals surface area contributed by atoms with E-state index in [0.717, 1.165) is 54.0 Å². The van der Waals surface area contributed by atoms with Gasteiger partial charge in [0.2, 0.25) is 5.95 Å². The number of aromatic nitrogens is 4. The summed E-state index contributed by atoms with van der Waals surface area (Å²) in [4.78, 5) is 11.7. The minimum Gasteiger partial charge on any atom is -0.389 e. The van der Waals surface area contributed by atoms with E-state index < -0.39 is 5.60 Å². The number of hydrogen-bond donors (Lipinski definition) is 2. The number of benzene rings is 1. The van der Waals surface area contributed by atoms with Gasteiger partial charge in [-0.2, -0.15) is 5.10 Å². The van der Waals surface area contributed by atoms with Gasteiger partial charge in [-0.1, -0.05) is 23.2 Å². The number of piperidine rings is 1.